The summed E-state index contributed by atoms with van der Waals surface area (Å²) in [5.41, 5.74) is 1.75. The number of anilines is 1. The van der Waals surface area contributed by atoms with Crippen LogP contribution in [0.3, 0.4) is 0 Å². The maximum absolute atomic E-state index is 12.5. The van der Waals surface area contributed by atoms with Crippen molar-refractivity contribution in [1.82, 2.24) is 25.3 Å². The van der Waals surface area contributed by atoms with Gasteiger partial charge in [-0.25, -0.2) is 4.79 Å². The Balaban J connectivity index is 1.50. The second kappa shape index (κ2) is 10.2. The number of aromatic amines is 1. The molecular formula is C20H27F3N6O4. The Morgan fingerprint density at radius 1 is 1.33 bits per heavy atom. The first-order chi connectivity index (χ1) is 15.5. The quantitative estimate of drug-likeness (QED) is 0.542. The predicted molar refractivity (Wildman–Crippen MR) is 111 cm³/mol. The average Bonchev–Trinajstić information content (AvgIpc) is 3.40. The molecule has 0 aliphatic heterocycles. The molecule has 1 aliphatic rings. The monoisotopic (exact) mass is 472 g/mol. The molecule has 2 amide bonds. The van der Waals surface area contributed by atoms with Crippen molar-refractivity contribution in [3.8, 4) is 0 Å². The van der Waals surface area contributed by atoms with Gasteiger partial charge in [-0.2, -0.15) is 23.4 Å². The standard InChI is InChI=1S/C20H27F3N6O4/c1-11(9-20(21,22)23)24-19(31)33-14-5-4-12(6-14)15-8-17(27-26-15)25-18(30)16-7-13(10-32-3)28-29(16)2/h7-8,11-12,14H,4-6,9-10H2,1-3H3,(H,24,31)(H2,25,26,27,30)/t11-,12-,14+/m0/s1. The number of hydrogen-bond donors (Lipinski definition) is 3. The summed E-state index contributed by atoms with van der Waals surface area (Å²) in [6, 6.07) is 2.27. The number of halogens is 3. The number of aryl methyl sites for hydroxylation is 1. The maximum atomic E-state index is 12.5. The molecule has 1 aliphatic carbocycles. The van der Waals surface area contributed by atoms with Crippen molar-refractivity contribution in [2.45, 2.75) is 63.5 Å². The number of hydrogen-bond acceptors (Lipinski definition) is 6. The number of H-pyrrole nitrogens is 1. The van der Waals surface area contributed by atoms with E-state index >= 15 is 0 Å². The van der Waals surface area contributed by atoms with Crippen LogP contribution in [0.5, 0.6) is 0 Å². The van der Waals surface area contributed by atoms with Crippen molar-refractivity contribution < 1.29 is 32.2 Å². The maximum Gasteiger partial charge on any atom is 0.407 e. The summed E-state index contributed by atoms with van der Waals surface area (Å²) < 4.78 is 48.9. The van der Waals surface area contributed by atoms with Gasteiger partial charge in [0.25, 0.3) is 5.91 Å². The summed E-state index contributed by atoms with van der Waals surface area (Å²) in [7, 11) is 3.20. The zero-order valence-corrected chi connectivity index (χ0v) is 18.5. The summed E-state index contributed by atoms with van der Waals surface area (Å²) >= 11 is 0. The van der Waals surface area contributed by atoms with E-state index in [-0.39, 0.29) is 18.4 Å². The van der Waals surface area contributed by atoms with Crippen LogP contribution >= 0.6 is 0 Å². The number of nitrogens with one attached hydrogen (secondary N) is 3. The number of methoxy groups -OCH3 is 1. The Morgan fingerprint density at radius 3 is 2.79 bits per heavy atom. The first-order valence-electron chi connectivity index (χ1n) is 10.5. The van der Waals surface area contributed by atoms with Crippen LogP contribution in [0.4, 0.5) is 23.8 Å². The van der Waals surface area contributed by atoms with Crippen molar-refractivity contribution in [1.29, 1.82) is 0 Å². The SMILES string of the molecule is COCc1cc(C(=O)Nc2cc([C@H]3CC[C@@H](OC(=O)N[C@@H](C)CC(F)(F)F)C3)[nH]n2)n(C)n1. The summed E-state index contributed by atoms with van der Waals surface area (Å²) in [4.78, 5) is 24.4. The number of carbonyl (C=O) groups excluding carboxylic acids is 2. The van der Waals surface area contributed by atoms with Gasteiger partial charge in [0.05, 0.1) is 18.7 Å². The minimum Gasteiger partial charge on any atom is -0.446 e. The lowest BCUT2D eigenvalue weighted by atomic mass is 10.0. The second-order valence-electron chi connectivity index (χ2n) is 8.14. The third-order valence-corrected chi connectivity index (χ3v) is 5.29. The molecule has 0 spiro atoms. The largest absolute Gasteiger partial charge is 0.446 e. The number of ether oxygens (including phenoxy) is 2. The summed E-state index contributed by atoms with van der Waals surface area (Å²) in [6.07, 6.45) is -4.98. The van der Waals surface area contributed by atoms with Gasteiger partial charge in [0, 0.05) is 37.9 Å². The van der Waals surface area contributed by atoms with Crippen molar-refractivity contribution in [3.63, 3.8) is 0 Å². The minimum absolute atomic E-state index is 0.0126. The highest BCUT2D eigenvalue weighted by Gasteiger charge is 2.33. The lowest BCUT2D eigenvalue weighted by Gasteiger charge is -2.18. The van der Waals surface area contributed by atoms with Gasteiger partial charge < -0.3 is 20.1 Å². The zero-order chi connectivity index (χ0) is 24.2. The van der Waals surface area contributed by atoms with Gasteiger partial charge in [0.15, 0.2) is 5.82 Å². The topological polar surface area (TPSA) is 123 Å². The van der Waals surface area contributed by atoms with Crippen LogP contribution in [0, 0.1) is 0 Å². The second-order valence-corrected chi connectivity index (χ2v) is 8.14. The van der Waals surface area contributed by atoms with E-state index in [9.17, 15) is 22.8 Å². The minimum atomic E-state index is -4.36. The normalized spacial score (nSPS) is 19.3. The van der Waals surface area contributed by atoms with Crippen LogP contribution in [0.15, 0.2) is 12.1 Å². The van der Waals surface area contributed by atoms with Gasteiger partial charge in [-0.1, -0.05) is 0 Å². The number of aromatic nitrogens is 4. The molecule has 2 aromatic heterocycles. The number of alkyl carbamates (subject to hydrolysis) is 1. The zero-order valence-electron chi connectivity index (χ0n) is 18.5. The van der Waals surface area contributed by atoms with Gasteiger partial charge in [-0.05, 0) is 32.3 Å². The Labute approximate surface area is 188 Å². The molecule has 33 heavy (non-hydrogen) atoms. The molecule has 0 unspecified atom stereocenters. The lowest BCUT2D eigenvalue weighted by Crippen LogP contribution is -2.37. The molecule has 13 heteroatoms. The van der Waals surface area contributed by atoms with Crippen LogP contribution < -0.4 is 10.6 Å². The Hall–Kier alpha value is -3.09. The highest BCUT2D eigenvalue weighted by Crippen LogP contribution is 2.36. The van der Waals surface area contributed by atoms with E-state index < -0.39 is 30.8 Å². The molecule has 3 N–H and O–H groups in total. The van der Waals surface area contributed by atoms with E-state index in [0.717, 1.165) is 5.69 Å². The Kier molecular flexibility index (Phi) is 7.61. The number of rotatable bonds is 8. The molecule has 0 bridgehead atoms. The molecule has 10 nitrogen and oxygen atoms in total. The van der Waals surface area contributed by atoms with Crippen molar-refractivity contribution in [2.75, 3.05) is 12.4 Å². The van der Waals surface area contributed by atoms with Crippen LogP contribution in [0.2, 0.25) is 0 Å². The fraction of sp³-hybridized carbons (Fsp3) is 0.600. The molecule has 3 rings (SSSR count). The first-order valence-corrected chi connectivity index (χ1v) is 10.5. The van der Waals surface area contributed by atoms with Gasteiger partial charge in [-0.3, -0.25) is 14.6 Å². The van der Waals surface area contributed by atoms with Crippen LogP contribution in [0.25, 0.3) is 0 Å². The lowest BCUT2D eigenvalue weighted by molar-refractivity contribution is -0.138. The molecule has 2 aromatic rings. The summed E-state index contributed by atoms with van der Waals surface area (Å²) in [6.45, 7) is 1.56. The molecule has 0 aromatic carbocycles. The van der Waals surface area contributed by atoms with E-state index in [1.165, 1.54) is 11.6 Å². The number of nitrogens with zero attached hydrogens (tertiary/aromatic N) is 3. The van der Waals surface area contributed by atoms with Crippen molar-refractivity contribution >= 4 is 17.8 Å². The third kappa shape index (κ3) is 6.94. The van der Waals surface area contributed by atoms with E-state index in [0.29, 0.717) is 36.5 Å². The van der Waals surface area contributed by atoms with Gasteiger partial charge in [0.1, 0.15) is 11.8 Å². The molecule has 3 atom stereocenters. The Morgan fingerprint density at radius 2 is 2.09 bits per heavy atom. The van der Waals surface area contributed by atoms with Gasteiger partial charge >= 0.3 is 12.3 Å². The van der Waals surface area contributed by atoms with E-state index in [4.69, 9.17) is 9.47 Å². The van der Waals surface area contributed by atoms with Gasteiger partial charge in [-0.15, -0.1) is 0 Å². The van der Waals surface area contributed by atoms with Crippen LogP contribution in [-0.2, 0) is 23.1 Å². The molecule has 2 heterocycles. The number of amides is 2. The van der Waals surface area contributed by atoms with Gasteiger partial charge in [0.2, 0.25) is 0 Å². The van der Waals surface area contributed by atoms with E-state index in [1.807, 2.05) is 0 Å². The van der Waals surface area contributed by atoms with Crippen LogP contribution in [0.1, 0.15) is 60.4 Å². The fourth-order valence-corrected chi connectivity index (χ4v) is 3.86. The Bertz CT molecular complexity index is 973. The molecule has 1 fully saturated rings. The molecule has 182 valence electrons. The molecule has 1 saturated carbocycles. The first kappa shape index (κ1) is 24.6. The fourth-order valence-electron chi connectivity index (χ4n) is 3.86. The van der Waals surface area contributed by atoms with Crippen LogP contribution in [-0.4, -0.2) is 57.4 Å². The van der Waals surface area contributed by atoms with Crippen molar-refractivity contribution in [2.24, 2.45) is 7.05 Å². The highest BCUT2D eigenvalue weighted by molar-refractivity contribution is 6.02. The molecular weight excluding hydrogens is 445 g/mol. The highest BCUT2D eigenvalue weighted by atomic mass is 19.4. The number of carbonyl (C=O) groups is 2. The number of alkyl halides is 3. The summed E-state index contributed by atoms with van der Waals surface area (Å²) in [5.74, 6) is -0.0196. The summed E-state index contributed by atoms with van der Waals surface area (Å²) in [5, 5.41) is 16.1. The average molecular weight is 472 g/mol. The van der Waals surface area contributed by atoms with E-state index in [1.54, 1.807) is 26.3 Å². The predicted octanol–water partition coefficient (Wildman–Crippen LogP) is 3.25. The smallest absolute Gasteiger partial charge is 0.407 e. The molecule has 0 saturated heterocycles. The molecule has 0 radical (unpaired) electrons. The van der Waals surface area contributed by atoms with Crippen molar-refractivity contribution in [3.05, 3.63) is 29.2 Å². The third-order valence-electron chi connectivity index (χ3n) is 5.29. The van der Waals surface area contributed by atoms with E-state index in [2.05, 4.69) is 25.9 Å².